The molecule has 0 saturated carbocycles. The number of dihydropyridines is 1. The molecule has 2 rings (SSSR count). The van der Waals surface area contributed by atoms with Gasteiger partial charge in [-0.3, -0.25) is 10.1 Å². The van der Waals surface area contributed by atoms with Crippen molar-refractivity contribution in [3.63, 3.8) is 0 Å². The molecule has 39 heavy (non-hydrogen) atoms. The molecule has 1 aromatic rings. The summed E-state index contributed by atoms with van der Waals surface area (Å²) in [7, 11) is 0. The Balaban J connectivity index is 2.21. The molecule has 1 aromatic carbocycles. The second kappa shape index (κ2) is 15.8. The second-order valence-electron chi connectivity index (χ2n) is 8.61. The number of hydrogen-bond acceptors (Lipinski definition) is 12. The first-order chi connectivity index (χ1) is 18.6. The van der Waals surface area contributed by atoms with E-state index in [0.717, 1.165) is 32.1 Å². The van der Waals surface area contributed by atoms with Crippen LogP contribution in [0.5, 0.6) is 0 Å². The van der Waals surface area contributed by atoms with E-state index in [-0.39, 0.29) is 23.8 Å². The minimum absolute atomic E-state index is 0.00790. The van der Waals surface area contributed by atoms with Crippen molar-refractivity contribution in [1.82, 2.24) is 5.32 Å². The maximum atomic E-state index is 12.6. The summed E-state index contributed by atoms with van der Waals surface area (Å²) in [5, 5.41) is 23.6. The van der Waals surface area contributed by atoms with Crippen LogP contribution in [0, 0.1) is 20.2 Å². The Morgan fingerprint density at radius 2 is 1.46 bits per heavy atom. The number of ether oxygens (including phenoxy) is 4. The highest BCUT2D eigenvalue weighted by atomic mass is 17.0. The Kier molecular flexibility index (Phi) is 12.5. The summed E-state index contributed by atoms with van der Waals surface area (Å²) >= 11 is 0. The van der Waals surface area contributed by atoms with E-state index in [1.54, 1.807) is 19.9 Å². The predicted molar refractivity (Wildman–Crippen MR) is 136 cm³/mol. The molecule has 0 bridgehead atoms. The first kappa shape index (κ1) is 30.9. The van der Waals surface area contributed by atoms with E-state index < -0.39 is 41.5 Å². The Morgan fingerprint density at radius 1 is 0.872 bits per heavy atom. The predicted octanol–water partition coefficient (Wildman–Crippen LogP) is 5.62. The summed E-state index contributed by atoms with van der Waals surface area (Å²) in [6.45, 7) is 4.51. The average molecular weight is 552 g/mol. The zero-order chi connectivity index (χ0) is 28.8. The lowest BCUT2D eigenvalue weighted by atomic mass is 9.90. The van der Waals surface area contributed by atoms with Gasteiger partial charge in [0.2, 0.25) is 0 Å². The summed E-state index contributed by atoms with van der Waals surface area (Å²) in [4.78, 5) is 50.1. The number of rotatable bonds is 15. The molecule has 0 aromatic heterocycles. The van der Waals surface area contributed by atoms with Crippen molar-refractivity contribution in [3.8, 4) is 0 Å². The molecular formula is C25H33N3O11. The molecule has 0 fully saturated rings. The second-order valence-corrected chi connectivity index (χ2v) is 8.61. The van der Waals surface area contributed by atoms with Crippen molar-refractivity contribution in [2.75, 3.05) is 19.8 Å². The van der Waals surface area contributed by atoms with Gasteiger partial charge in [0, 0.05) is 12.1 Å². The third kappa shape index (κ3) is 10.1. The Hall–Kier alpha value is -4.36. The monoisotopic (exact) mass is 551 g/mol. The summed E-state index contributed by atoms with van der Waals surface area (Å²) in [5.41, 5.74) is 0.795. The van der Waals surface area contributed by atoms with E-state index in [1.165, 1.54) is 18.2 Å². The molecule has 0 aliphatic carbocycles. The number of nitro groups is 1. The minimum atomic E-state index is -1.21. The fraction of sp³-hybridized carbons (Fsp3) is 0.520. The molecule has 214 valence electrons. The lowest BCUT2D eigenvalue weighted by Gasteiger charge is -2.30. The fourth-order valence-electron chi connectivity index (χ4n) is 3.86. The number of non-ortho nitro benzene ring substituents is 1. The molecule has 0 radical (unpaired) electrons. The molecular weight excluding hydrogens is 518 g/mol. The summed E-state index contributed by atoms with van der Waals surface area (Å²) in [6, 6.07) is 5.55. The molecule has 1 aliphatic rings. The van der Waals surface area contributed by atoms with Crippen LogP contribution in [0.15, 0.2) is 47.2 Å². The lowest BCUT2D eigenvalue weighted by Crippen LogP contribution is -2.29. The smallest absolute Gasteiger partial charge is 0.434 e. The van der Waals surface area contributed by atoms with Gasteiger partial charge in [-0.2, -0.15) is 0 Å². The number of carbonyl (C=O) groups is 2. The largest absolute Gasteiger partial charge is 0.513 e. The Labute approximate surface area is 225 Å². The zero-order valence-electron chi connectivity index (χ0n) is 22.1. The lowest BCUT2D eigenvalue weighted by molar-refractivity contribution is -0.757. The van der Waals surface area contributed by atoms with Gasteiger partial charge in [0.25, 0.3) is 10.8 Å². The Bertz CT molecular complexity index is 1100. The van der Waals surface area contributed by atoms with Gasteiger partial charge in [-0.15, -0.1) is 10.1 Å². The van der Waals surface area contributed by atoms with Crippen molar-refractivity contribution in [3.05, 3.63) is 73.0 Å². The minimum Gasteiger partial charge on any atom is -0.434 e. The number of benzene rings is 1. The van der Waals surface area contributed by atoms with Crippen molar-refractivity contribution < 1.29 is 43.4 Å². The maximum absolute atomic E-state index is 12.6. The number of hydrogen-bond donors (Lipinski definition) is 1. The quantitative estimate of drug-likeness (QED) is 0.123. The number of unbranched alkanes of at least 4 members (excludes halogenated alkanes) is 5. The van der Waals surface area contributed by atoms with Crippen LogP contribution in [0.1, 0.15) is 70.8 Å². The molecule has 1 atom stereocenters. The SMILES string of the molecule is CCCCCCCCOC(=O)OC1=C(C)NC(C)=C(OC(=O)OCCO[N+](=O)[O-])C1c1cccc([N+](=O)[O-])c1. The number of nitro benzene ring substituents is 1. The highest BCUT2D eigenvalue weighted by Gasteiger charge is 2.36. The first-order valence-corrected chi connectivity index (χ1v) is 12.5. The summed E-state index contributed by atoms with van der Waals surface area (Å²) in [6.07, 6.45) is 3.82. The number of carbonyl (C=O) groups excluding carboxylic acids is 2. The van der Waals surface area contributed by atoms with Crippen LogP contribution >= 0.6 is 0 Å². The average Bonchev–Trinajstić information content (AvgIpc) is 2.89. The van der Waals surface area contributed by atoms with Gasteiger partial charge < -0.3 is 29.1 Å². The molecule has 14 heteroatoms. The number of nitrogens with one attached hydrogen (secondary N) is 1. The molecule has 14 nitrogen and oxygen atoms in total. The third-order valence-corrected chi connectivity index (χ3v) is 5.66. The van der Waals surface area contributed by atoms with E-state index in [4.69, 9.17) is 18.9 Å². The third-order valence-electron chi connectivity index (χ3n) is 5.66. The number of allylic oxidation sites excluding steroid dienone is 2. The van der Waals surface area contributed by atoms with Gasteiger partial charge in [0.1, 0.15) is 30.6 Å². The fourth-order valence-corrected chi connectivity index (χ4v) is 3.86. The van der Waals surface area contributed by atoms with Crippen molar-refractivity contribution in [2.24, 2.45) is 0 Å². The highest BCUT2D eigenvalue weighted by molar-refractivity contribution is 5.65. The van der Waals surface area contributed by atoms with Crippen LogP contribution in [0.4, 0.5) is 15.3 Å². The van der Waals surface area contributed by atoms with E-state index in [2.05, 4.69) is 17.1 Å². The topological polar surface area (TPSA) is 179 Å². The van der Waals surface area contributed by atoms with Crippen molar-refractivity contribution in [2.45, 2.75) is 65.2 Å². The molecule has 1 N–H and O–H groups in total. The van der Waals surface area contributed by atoms with Crippen LogP contribution in [-0.4, -0.2) is 42.1 Å². The van der Waals surface area contributed by atoms with Crippen LogP contribution in [-0.2, 0) is 23.8 Å². The van der Waals surface area contributed by atoms with Gasteiger partial charge in [0.05, 0.1) is 22.9 Å². The van der Waals surface area contributed by atoms with E-state index in [0.29, 0.717) is 23.4 Å². The van der Waals surface area contributed by atoms with Gasteiger partial charge in [0.15, 0.2) is 0 Å². The maximum Gasteiger partial charge on any atom is 0.513 e. The number of nitrogens with zero attached hydrogens (tertiary/aromatic N) is 2. The van der Waals surface area contributed by atoms with Crippen molar-refractivity contribution >= 4 is 18.0 Å². The van der Waals surface area contributed by atoms with Crippen LogP contribution < -0.4 is 5.32 Å². The van der Waals surface area contributed by atoms with Crippen LogP contribution in [0.3, 0.4) is 0 Å². The van der Waals surface area contributed by atoms with Crippen LogP contribution in [0.2, 0.25) is 0 Å². The molecule has 1 heterocycles. The molecule has 0 spiro atoms. The molecule has 0 amide bonds. The normalized spacial score (nSPS) is 14.8. The molecule has 1 aliphatic heterocycles. The van der Waals surface area contributed by atoms with E-state index in [9.17, 15) is 29.8 Å². The summed E-state index contributed by atoms with van der Waals surface area (Å²) < 4.78 is 21.0. The van der Waals surface area contributed by atoms with Gasteiger partial charge in [-0.1, -0.05) is 51.2 Å². The standard InChI is InChI=1S/C25H33N3O11/c1-4-5-6-7-8-9-13-35-24(29)38-22-17(2)26-18(3)23(39-25(30)36-14-15-37-28(33)34)21(22)19-11-10-12-20(16-19)27(31)32/h10-12,16,21,26H,4-9,13-15H2,1-3H3. The van der Waals surface area contributed by atoms with E-state index >= 15 is 0 Å². The van der Waals surface area contributed by atoms with E-state index in [1.807, 2.05) is 0 Å². The molecule has 1 unspecified atom stereocenters. The first-order valence-electron chi connectivity index (χ1n) is 12.5. The molecule has 0 saturated heterocycles. The summed E-state index contributed by atoms with van der Waals surface area (Å²) in [5.74, 6) is -1.11. The van der Waals surface area contributed by atoms with Gasteiger partial charge >= 0.3 is 12.3 Å². The highest BCUT2D eigenvalue weighted by Crippen LogP contribution is 2.40. The van der Waals surface area contributed by atoms with Gasteiger partial charge in [-0.25, -0.2) is 9.59 Å². The zero-order valence-corrected chi connectivity index (χ0v) is 22.1. The van der Waals surface area contributed by atoms with Gasteiger partial charge in [-0.05, 0) is 25.8 Å². The van der Waals surface area contributed by atoms with Crippen molar-refractivity contribution in [1.29, 1.82) is 0 Å². The Morgan fingerprint density at radius 3 is 2.05 bits per heavy atom. The van der Waals surface area contributed by atoms with Crippen LogP contribution in [0.25, 0.3) is 0 Å².